The fourth-order valence-electron chi connectivity index (χ4n) is 0.788. The molecule has 0 aliphatic rings. The van der Waals surface area contributed by atoms with Crippen LogP contribution in [0.25, 0.3) is 0 Å². The summed E-state index contributed by atoms with van der Waals surface area (Å²) in [7, 11) is 0. The number of carbonyl (C=O) groups is 1. The van der Waals surface area contributed by atoms with E-state index < -0.39 is 17.5 Å². The maximum Gasteiger partial charge on any atom is 0.347 e. The molecule has 0 saturated heterocycles. The number of carboxylic acids is 1. The molecule has 0 aromatic carbocycles. The Bertz CT molecular complexity index is 382. The molecule has 1 heterocycles. The molecular formula is C8H6BrF2NO2. The average Bonchev–Trinajstić information content (AvgIpc) is 2.09. The van der Waals surface area contributed by atoms with Gasteiger partial charge in [0.1, 0.15) is 4.60 Å². The highest BCUT2D eigenvalue weighted by Gasteiger charge is 2.37. The summed E-state index contributed by atoms with van der Waals surface area (Å²) in [6.07, 6.45) is 0. The van der Waals surface area contributed by atoms with Crippen molar-refractivity contribution < 1.29 is 18.7 Å². The van der Waals surface area contributed by atoms with E-state index in [2.05, 4.69) is 20.9 Å². The number of aromatic nitrogens is 1. The van der Waals surface area contributed by atoms with Crippen molar-refractivity contribution in [2.45, 2.75) is 12.6 Å². The standard InChI is InChI=1S/C8H6BrF2NO2/c1-8(11,7(13)14)5-3-2-4(10)6(9)12-5/h2-3H,1H3,(H,13,14). The lowest BCUT2D eigenvalue weighted by Gasteiger charge is -2.14. The SMILES string of the molecule is CC(F)(C(=O)O)c1ccc(F)c(Br)n1. The Hall–Kier alpha value is -1.04. The summed E-state index contributed by atoms with van der Waals surface area (Å²) in [4.78, 5) is 13.9. The third-order valence-electron chi connectivity index (χ3n) is 1.69. The Balaban J connectivity index is 3.21. The first-order valence-corrected chi connectivity index (χ1v) is 4.40. The van der Waals surface area contributed by atoms with E-state index in [-0.39, 0.29) is 10.3 Å². The van der Waals surface area contributed by atoms with Gasteiger partial charge in [-0.05, 0) is 35.0 Å². The summed E-state index contributed by atoms with van der Waals surface area (Å²) in [5.41, 5.74) is -2.96. The van der Waals surface area contributed by atoms with Crippen molar-refractivity contribution in [3.8, 4) is 0 Å². The van der Waals surface area contributed by atoms with Crippen molar-refractivity contribution in [2.75, 3.05) is 0 Å². The summed E-state index contributed by atoms with van der Waals surface area (Å²) >= 11 is 2.74. The number of hydrogen-bond donors (Lipinski definition) is 1. The number of carboxylic acid groups (broad SMARTS) is 1. The lowest BCUT2D eigenvalue weighted by atomic mass is 10.0. The van der Waals surface area contributed by atoms with E-state index in [1.54, 1.807) is 0 Å². The fourth-order valence-corrected chi connectivity index (χ4v) is 1.11. The van der Waals surface area contributed by atoms with E-state index in [0.29, 0.717) is 0 Å². The fraction of sp³-hybridized carbons (Fsp3) is 0.250. The van der Waals surface area contributed by atoms with Crippen LogP contribution in [-0.4, -0.2) is 16.1 Å². The van der Waals surface area contributed by atoms with Gasteiger partial charge in [-0.25, -0.2) is 18.6 Å². The second kappa shape index (κ2) is 3.61. The Labute approximate surface area is 86.9 Å². The predicted molar refractivity (Wildman–Crippen MR) is 48.0 cm³/mol. The van der Waals surface area contributed by atoms with Crippen molar-refractivity contribution in [3.05, 3.63) is 28.2 Å². The van der Waals surface area contributed by atoms with Gasteiger partial charge in [-0.15, -0.1) is 0 Å². The van der Waals surface area contributed by atoms with E-state index in [9.17, 15) is 13.6 Å². The minimum atomic E-state index is -2.61. The molecule has 1 aromatic heterocycles. The maximum absolute atomic E-state index is 13.5. The highest BCUT2D eigenvalue weighted by Crippen LogP contribution is 2.26. The van der Waals surface area contributed by atoms with E-state index in [1.807, 2.05) is 0 Å². The van der Waals surface area contributed by atoms with Gasteiger partial charge in [-0.1, -0.05) is 0 Å². The van der Waals surface area contributed by atoms with Gasteiger partial charge < -0.3 is 5.11 Å². The molecule has 0 amide bonds. The van der Waals surface area contributed by atoms with E-state index >= 15 is 0 Å². The van der Waals surface area contributed by atoms with Crippen LogP contribution in [0.1, 0.15) is 12.6 Å². The summed E-state index contributed by atoms with van der Waals surface area (Å²) in [6, 6.07) is 1.95. The Morgan fingerprint density at radius 2 is 2.21 bits per heavy atom. The van der Waals surface area contributed by atoms with E-state index in [0.717, 1.165) is 19.1 Å². The largest absolute Gasteiger partial charge is 0.479 e. The second-order valence-electron chi connectivity index (χ2n) is 2.78. The molecule has 0 aliphatic heterocycles. The van der Waals surface area contributed by atoms with E-state index in [4.69, 9.17) is 5.11 Å². The zero-order valence-corrected chi connectivity index (χ0v) is 8.68. The number of alkyl halides is 1. The summed E-state index contributed by atoms with van der Waals surface area (Å²) in [6.45, 7) is 0.849. The van der Waals surface area contributed by atoms with Gasteiger partial charge >= 0.3 is 5.97 Å². The zero-order chi connectivity index (χ0) is 10.9. The third-order valence-corrected chi connectivity index (χ3v) is 2.24. The van der Waals surface area contributed by atoms with Crippen molar-refractivity contribution in [2.24, 2.45) is 0 Å². The molecule has 0 fully saturated rings. The monoisotopic (exact) mass is 265 g/mol. The average molecular weight is 266 g/mol. The predicted octanol–water partition coefficient (Wildman–Crippen LogP) is 2.25. The second-order valence-corrected chi connectivity index (χ2v) is 3.53. The van der Waals surface area contributed by atoms with Gasteiger partial charge in [-0.3, -0.25) is 0 Å². The quantitative estimate of drug-likeness (QED) is 0.835. The molecular weight excluding hydrogens is 260 g/mol. The highest BCUT2D eigenvalue weighted by molar-refractivity contribution is 9.10. The van der Waals surface area contributed by atoms with Gasteiger partial charge in [0.15, 0.2) is 5.82 Å². The molecule has 0 bridgehead atoms. The van der Waals surface area contributed by atoms with Crippen molar-refractivity contribution in [3.63, 3.8) is 0 Å². The minimum Gasteiger partial charge on any atom is -0.479 e. The van der Waals surface area contributed by atoms with Crippen LogP contribution in [0.5, 0.6) is 0 Å². The van der Waals surface area contributed by atoms with Crippen molar-refractivity contribution >= 4 is 21.9 Å². The summed E-state index contributed by atoms with van der Waals surface area (Å²) in [5.74, 6) is -2.33. The molecule has 1 rings (SSSR count). The lowest BCUT2D eigenvalue weighted by Crippen LogP contribution is -2.28. The molecule has 0 radical (unpaired) electrons. The maximum atomic E-state index is 13.5. The number of aliphatic carboxylic acids is 1. The van der Waals surface area contributed by atoms with Crippen LogP contribution < -0.4 is 0 Å². The van der Waals surface area contributed by atoms with E-state index in [1.165, 1.54) is 0 Å². The van der Waals surface area contributed by atoms with Gasteiger partial charge in [0.25, 0.3) is 0 Å². The molecule has 3 nitrogen and oxygen atoms in total. The van der Waals surface area contributed by atoms with Crippen molar-refractivity contribution in [1.82, 2.24) is 4.98 Å². The normalized spacial score (nSPS) is 14.9. The van der Waals surface area contributed by atoms with Crippen LogP contribution in [0.3, 0.4) is 0 Å². The number of halogens is 3. The van der Waals surface area contributed by atoms with Crippen LogP contribution in [0.15, 0.2) is 16.7 Å². The molecule has 1 N–H and O–H groups in total. The molecule has 14 heavy (non-hydrogen) atoms. The Morgan fingerprint density at radius 3 is 2.64 bits per heavy atom. The number of nitrogens with zero attached hydrogens (tertiary/aromatic N) is 1. The minimum absolute atomic E-state index is 0.208. The van der Waals surface area contributed by atoms with Crippen LogP contribution in [0.4, 0.5) is 8.78 Å². The number of pyridine rings is 1. The smallest absolute Gasteiger partial charge is 0.347 e. The van der Waals surface area contributed by atoms with Crippen LogP contribution in [-0.2, 0) is 10.5 Å². The van der Waals surface area contributed by atoms with Gasteiger partial charge in [-0.2, -0.15) is 0 Å². The molecule has 76 valence electrons. The molecule has 1 atom stereocenters. The molecule has 0 saturated carbocycles. The Kier molecular flexibility index (Phi) is 2.84. The lowest BCUT2D eigenvalue weighted by molar-refractivity contribution is -0.150. The molecule has 6 heteroatoms. The Morgan fingerprint density at radius 1 is 1.64 bits per heavy atom. The first kappa shape index (κ1) is 11.0. The molecule has 0 spiro atoms. The number of rotatable bonds is 2. The highest BCUT2D eigenvalue weighted by atomic mass is 79.9. The molecule has 1 aromatic rings. The topological polar surface area (TPSA) is 50.2 Å². The first-order valence-electron chi connectivity index (χ1n) is 3.60. The van der Waals surface area contributed by atoms with Gasteiger partial charge in [0.2, 0.25) is 5.67 Å². The molecule has 1 unspecified atom stereocenters. The summed E-state index contributed by atoms with van der Waals surface area (Å²) in [5, 5.41) is 8.53. The molecule has 0 aliphatic carbocycles. The van der Waals surface area contributed by atoms with Crippen LogP contribution in [0, 0.1) is 5.82 Å². The number of hydrogen-bond acceptors (Lipinski definition) is 2. The van der Waals surface area contributed by atoms with Gasteiger partial charge in [0, 0.05) is 0 Å². The van der Waals surface area contributed by atoms with Crippen molar-refractivity contribution in [1.29, 1.82) is 0 Å². The summed E-state index contributed by atoms with van der Waals surface area (Å²) < 4.78 is 26.0. The first-order chi connectivity index (χ1) is 6.35. The third kappa shape index (κ3) is 1.89. The van der Waals surface area contributed by atoms with Crippen LogP contribution in [0.2, 0.25) is 0 Å². The van der Waals surface area contributed by atoms with Gasteiger partial charge in [0.05, 0.1) is 5.69 Å². The zero-order valence-electron chi connectivity index (χ0n) is 7.09. The van der Waals surface area contributed by atoms with Crippen LogP contribution >= 0.6 is 15.9 Å².